The molecule has 1 aromatic heterocycles. The number of amides is 2. The average molecular weight is 481 g/mol. The first kappa shape index (κ1) is 25.1. The fourth-order valence-corrected chi connectivity index (χ4v) is 4.49. The number of benzene rings is 1. The third-order valence-electron chi connectivity index (χ3n) is 6.83. The number of fused-ring (bicyclic) bond motifs is 1. The van der Waals surface area contributed by atoms with Crippen molar-refractivity contribution in [1.29, 1.82) is 0 Å². The second-order valence-corrected chi connectivity index (χ2v) is 10.0. The lowest BCUT2D eigenvalue weighted by Crippen LogP contribution is -2.47. The number of hydrogen-bond donors (Lipinski definition) is 2. The Bertz CT molecular complexity index is 1030. The molecular weight excluding hydrogens is 444 g/mol. The molecule has 0 unspecified atom stereocenters. The number of pyridine rings is 1. The molecule has 188 valence electrons. The van der Waals surface area contributed by atoms with Crippen LogP contribution in [0.3, 0.4) is 0 Å². The first-order chi connectivity index (χ1) is 16.8. The molecule has 3 atom stereocenters. The number of nitrogens with zero attached hydrogens (tertiary/aromatic N) is 3. The maximum Gasteiger partial charge on any atom is 0.227 e. The molecule has 1 fully saturated rings. The highest BCUT2D eigenvalue weighted by Gasteiger charge is 2.32. The molecular formula is C27H36N4O4. The van der Waals surface area contributed by atoms with Gasteiger partial charge in [0.15, 0.2) is 0 Å². The summed E-state index contributed by atoms with van der Waals surface area (Å²) in [5, 5.41) is 12.8. The standard InChI is InChI=1S/C27H36N4O4/c1-18-14-31(19(2)17-32)26(33)13-22-12-23(29-27(34)21-4-5-21)6-7-24(22)35-25(18)16-30(3)15-20-8-10-28-11-9-20/h6-12,18-19,21,25,32H,4-5,13-17H2,1-3H3,(H,29,34)/t18-,19+,25+/m1/s1. The number of nitrogens with one attached hydrogen (secondary N) is 1. The normalized spacial score (nSPS) is 21.4. The number of aliphatic hydroxyl groups is 1. The van der Waals surface area contributed by atoms with Crippen molar-refractivity contribution in [2.24, 2.45) is 11.8 Å². The molecule has 2 N–H and O–H groups in total. The van der Waals surface area contributed by atoms with Gasteiger partial charge in [-0.3, -0.25) is 19.5 Å². The molecule has 4 rings (SSSR count). The van der Waals surface area contributed by atoms with E-state index in [1.54, 1.807) is 17.3 Å². The van der Waals surface area contributed by atoms with E-state index in [9.17, 15) is 14.7 Å². The van der Waals surface area contributed by atoms with Gasteiger partial charge in [0.25, 0.3) is 0 Å². The number of rotatable bonds is 8. The van der Waals surface area contributed by atoms with Crippen LogP contribution in [0.5, 0.6) is 5.75 Å². The molecule has 2 aromatic rings. The number of ether oxygens (including phenoxy) is 1. The highest BCUT2D eigenvalue weighted by atomic mass is 16.5. The predicted molar refractivity (Wildman–Crippen MR) is 134 cm³/mol. The Morgan fingerprint density at radius 1 is 1.29 bits per heavy atom. The molecule has 0 spiro atoms. The summed E-state index contributed by atoms with van der Waals surface area (Å²) in [5.74, 6) is 0.767. The molecule has 2 aliphatic rings. The van der Waals surface area contributed by atoms with Crippen molar-refractivity contribution in [2.75, 3.05) is 32.1 Å². The van der Waals surface area contributed by atoms with Crippen molar-refractivity contribution in [2.45, 2.75) is 51.8 Å². The fourth-order valence-electron chi connectivity index (χ4n) is 4.49. The molecule has 2 heterocycles. The molecule has 1 aliphatic carbocycles. The molecule has 8 nitrogen and oxygen atoms in total. The minimum Gasteiger partial charge on any atom is -0.488 e. The maximum absolute atomic E-state index is 13.3. The molecule has 2 amide bonds. The van der Waals surface area contributed by atoms with Crippen molar-refractivity contribution in [1.82, 2.24) is 14.8 Å². The van der Waals surface area contributed by atoms with Gasteiger partial charge in [0.05, 0.1) is 19.1 Å². The summed E-state index contributed by atoms with van der Waals surface area (Å²) in [5.41, 5.74) is 2.59. The Labute approximate surface area is 207 Å². The minimum atomic E-state index is -0.292. The minimum absolute atomic E-state index is 0.0278. The van der Waals surface area contributed by atoms with Crippen LogP contribution in [0, 0.1) is 11.8 Å². The highest BCUT2D eigenvalue weighted by Crippen LogP contribution is 2.32. The van der Waals surface area contributed by atoms with Crippen LogP contribution in [0.25, 0.3) is 0 Å². The van der Waals surface area contributed by atoms with Crippen LogP contribution < -0.4 is 10.1 Å². The summed E-state index contributed by atoms with van der Waals surface area (Å²) >= 11 is 0. The van der Waals surface area contributed by atoms with E-state index in [2.05, 4.69) is 29.2 Å². The van der Waals surface area contributed by atoms with E-state index in [0.29, 0.717) is 24.5 Å². The summed E-state index contributed by atoms with van der Waals surface area (Å²) < 4.78 is 6.56. The Balaban J connectivity index is 1.58. The molecule has 0 bridgehead atoms. The zero-order chi connectivity index (χ0) is 24.9. The van der Waals surface area contributed by atoms with Gasteiger partial charge >= 0.3 is 0 Å². The van der Waals surface area contributed by atoms with Gasteiger partial charge < -0.3 is 20.1 Å². The van der Waals surface area contributed by atoms with Gasteiger partial charge in [0, 0.05) is 55.1 Å². The largest absolute Gasteiger partial charge is 0.488 e. The molecule has 1 aromatic carbocycles. The molecule has 8 heteroatoms. The van der Waals surface area contributed by atoms with E-state index >= 15 is 0 Å². The van der Waals surface area contributed by atoms with Gasteiger partial charge in [0.2, 0.25) is 11.8 Å². The SMILES string of the molecule is C[C@@H]1CN([C@@H](C)CO)C(=O)Cc2cc(NC(=O)C3CC3)ccc2O[C@H]1CN(C)Cc1ccncc1. The highest BCUT2D eigenvalue weighted by molar-refractivity contribution is 5.94. The second-order valence-electron chi connectivity index (χ2n) is 10.0. The van der Waals surface area contributed by atoms with Crippen LogP contribution >= 0.6 is 0 Å². The van der Waals surface area contributed by atoms with Gasteiger partial charge in [-0.2, -0.15) is 0 Å². The van der Waals surface area contributed by atoms with E-state index in [0.717, 1.165) is 24.9 Å². The van der Waals surface area contributed by atoms with Crippen LogP contribution in [0.2, 0.25) is 0 Å². The quantitative estimate of drug-likeness (QED) is 0.603. The molecule has 35 heavy (non-hydrogen) atoms. The van der Waals surface area contributed by atoms with Gasteiger partial charge in [-0.1, -0.05) is 6.92 Å². The zero-order valence-corrected chi connectivity index (χ0v) is 20.8. The van der Waals surface area contributed by atoms with Crippen molar-refractivity contribution >= 4 is 17.5 Å². The Morgan fingerprint density at radius 2 is 2.03 bits per heavy atom. The van der Waals surface area contributed by atoms with Crippen LogP contribution in [0.4, 0.5) is 5.69 Å². The van der Waals surface area contributed by atoms with Gasteiger partial charge in [-0.25, -0.2) is 0 Å². The van der Waals surface area contributed by atoms with Crippen molar-refractivity contribution in [3.8, 4) is 5.75 Å². The van der Waals surface area contributed by atoms with E-state index < -0.39 is 0 Å². The number of aromatic nitrogens is 1. The monoisotopic (exact) mass is 480 g/mol. The van der Waals surface area contributed by atoms with E-state index in [-0.39, 0.29) is 48.8 Å². The molecule has 1 saturated carbocycles. The van der Waals surface area contributed by atoms with Crippen molar-refractivity contribution in [3.63, 3.8) is 0 Å². The van der Waals surface area contributed by atoms with Crippen molar-refractivity contribution in [3.05, 3.63) is 53.9 Å². The number of anilines is 1. The summed E-state index contributed by atoms with van der Waals surface area (Å²) in [4.78, 5) is 33.6. The third-order valence-corrected chi connectivity index (χ3v) is 6.83. The second kappa shape index (κ2) is 11.2. The van der Waals surface area contributed by atoms with Gasteiger partial charge in [-0.15, -0.1) is 0 Å². The lowest BCUT2D eigenvalue weighted by atomic mass is 10.0. The molecule has 1 aliphatic heterocycles. The Kier molecular flexibility index (Phi) is 8.03. The number of hydrogen-bond acceptors (Lipinski definition) is 6. The smallest absolute Gasteiger partial charge is 0.227 e. The van der Waals surface area contributed by atoms with E-state index in [4.69, 9.17) is 4.74 Å². The summed E-state index contributed by atoms with van der Waals surface area (Å²) in [6, 6.07) is 9.26. The van der Waals surface area contributed by atoms with Crippen LogP contribution in [0.1, 0.15) is 37.8 Å². The topological polar surface area (TPSA) is 95.0 Å². The number of likely N-dealkylation sites (N-methyl/N-ethyl adjacent to an activating group) is 1. The average Bonchev–Trinajstić information content (AvgIpc) is 3.68. The maximum atomic E-state index is 13.3. The number of aliphatic hydroxyl groups excluding tert-OH is 1. The molecule has 0 saturated heterocycles. The zero-order valence-electron chi connectivity index (χ0n) is 20.8. The fraction of sp³-hybridized carbons (Fsp3) is 0.519. The number of carbonyl (C=O) groups is 2. The van der Waals surface area contributed by atoms with E-state index in [1.165, 1.54) is 5.56 Å². The third kappa shape index (κ3) is 6.58. The van der Waals surface area contributed by atoms with Crippen molar-refractivity contribution < 1.29 is 19.4 Å². The summed E-state index contributed by atoms with van der Waals surface area (Å²) in [6.45, 7) is 5.76. The first-order valence-electron chi connectivity index (χ1n) is 12.4. The Hall–Kier alpha value is -2.97. The van der Waals surface area contributed by atoms with Gasteiger partial charge in [-0.05, 0) is 62.7 Å². The Morgan fingerprint density at radius 3 is 2.71 bits per heavy atom. The van der Waals surface area contributed by atoms with Crippen LogP contribution in [0.15, 0.2) is 42.7 Å². The molecule has 0 radical (unpaired) electrons. The van der Waals surface area contributed by atoms with E-state index in [1.807, 2.05) is 37.3 Å². The summed E-state index contributed by atoms with van der Waals surface area (Å²) in [6.07, 6.45) is 5.42. The van der Waals surface area contributed by atoms with Gasteiger partial charge in [0.1, 0.15) is 11.9 Å². The number of carbonyl (C=O) groups excluding carboxylic acids is 2. The van der Waals surface area contributed by atoms with Crippen LogP contribution in [-0.4, -0.2) is 70.6 Å². The predicted octanol–water partition coefficient (Wildman–Crippen LogP) is 2.71. The lowest BCUT2D eigenvalue weighted by molar-refractivity contribution is -0.134. The lowest BCUT2D eigenvalue weighted by Gasteiger charge is -2.34. The van der Waals surface area contributed by atoms with Crippen LogP contribution in [-0.2, 0) is 22.6 Å². The first-order valence-corrected chi connectivity index (χ1v) is 12.4. The summed E-state index contributed by atoms with van der Waals surface area (Å²) in [7, 11) is 2.06.